The fraction of sp³-hybridized carbons (Fsp3) is 0.250. The maximum atomic E-state index is 13.3. The standard InChI is InChI=1S/C28H27ClF2N4O5S/c1-16-12-19(13-17(2)25(16)29)40-10-5-7-21-20-6-3-4-8-22(20)34-26(21)28(37)35-41(38,39)11-9-32-27(36)23-14-18(30)15-24(31)33-23/h3-4,6,8,12-15,34H,5,7,9-11H2,1-2H3,(H,32,36)(H,35,37). The highest BCUT2D eigenvalue weighted by molar-refractivity contribution is 7.90. The van der Waals surface area contributed by atoms with Crippen LogP contribution in [0.25, 0.3) is 10.9 Å². The molecular formula is C28H27ClF2N4O5S. The van der Waals surface area contributed by atoms with Crippen molar-refractivity contribution in [3.63, 3.8) is 0 Å². The van der Waals surface area contributed by atoms with E-state index in [0.29, 0.717) is 53.4 Å². The van der Waals surface area contributed by atoms with Crippen LogP contribution in [0.2, 0.25) is 5.02 Å². The average Bonchev–Trinajstić information content (AvgIpc) is 3.27. The van der Waals surface area contributed by atoms with Crippen molar-refractivity contribution in [2.75, 3.05) is 18.9 Å². The lowest BCUT2D eigenvalue weighted by molar-refractivity contribution is 0.0948. The van der Waals surface area contributed by atoms with Crippen LogP contribution in [0.3, 0.4) is 0 Å². The van der Waals surface area contributed by atoms with Crippen LogP contribution in [0.4, 0.5) is 8.78 Å². The average molecular weight is 605 g/mol. The SMILES string of the molecule is Cc1cc(OCCCc2c(C(=O)NS(=O)(=O)CCNC(=O)c3cc(F)cc(F)n3)[nH]c3ccccc23)cc(C)c1Cl. The molecule has 2 amide bonds. The third-order valence-corrected chi connectivity index (χ3v) is 8.02. The second-order valence-electron chi connectivity index (χ2n) is 9.35. The maximum Gasteiger partial charge on any atom is 0.281 e. The monoisotopic (exact) mass is 604 g/mol. The minimum Gasteiger partial charge on any atom is -0.494 e. The van der Waals surface area contributed by atoms with Crippen molar-refractivity contribution in [1.82, 2.24) is 20.0 Å². The summed E-state index contributed by atoms with van der Waals surface area (Å²) in [7, 11) is -4.19. The summed E-state index contributed by atoms with van der Waals surface area (Å²) in [5, 5.41) is 3.68. The number of nitrogens with zero attached hydrogens (tertiary/aromatic N) is 1. The van der Waals surface area contributed by atoms with E-state index in [9.17, 15) is 26.8 Å². The molecule has 0 aliphatic heterocycles. The summed E-state index contributed by atoms with van der Waals surface area (Å²) in [5.74, 6) is -4.00. The van der Waals surface area contributed by atoms with Crippen LogP contribution in [0.15, 0.2) is 48.5 Å². The van der Waals surface area contributed by atoms with Gasteiger partial charge in [-0.3, -0.25) is 9.59 Å². The Bertz CT molecular complexity index is 1680. The predicted molar refractivity (Wildman–Crippen MR) is 151 cm³/mol. The van der Waals surface area contributed by atoms with Crippen LogP contribution in [0.5, 0.6) is 5.75 Å². The summed E-state index contributed by atoms with van der Waals surface area (Å²) in [5.41, 5.74) is 2.65. The molecule has 0 aliphatic carbocycles. The number of nitrogens with one attached hydrogen (secondary N) is 3. The molecule has 4 aromatic rings. The van der Waals surface area contributed by atoms with E-state index in [0.717, 1.165) is 16.5 Å². The second kappa shape index (κ2) is 12.6. The number of rotatable bonds is 11. The second-order valence-corrected chi connectivity index (χ2v) is 11.6. The fourth-order valence-corrected chi connectivity index (χ4v) is 5.26. The van der Waals surface area contributed by atoms with E-state index in [1.807, 2.05) is 42.8 Å². The lowest BCUT2D eigenvalue weighted by Gasteiger charge is -2.11. The zero-order chi connectivity index (χ0) is 29.7. The molecule has 216 valence electrons. The van der Waals surface area contributed by atoms with Crippen molar-refractivity contribution in [2.45, 2.75) is 26.7 Å². The molecule has 0 unspecified atom stereocenters. The van der Waals surface area contributed by atoms with Crippen LogP contribution in [0, 0.1) is 25.6 Å². The van der Waals surface area contributed by atoms with Gasteiger partial charge in [0.15, 0.2) is 0 Å². The molecular weight excluding hydrogens is 578 g/mol. The molecule has 0 fully saturated rings. The largest absolute Gasteiger partial charge is 0.494 e. The van der Waals surface area contributed by atoms with E-state index >= 15 is 0 Å². The van der Waals surface area contributed by atoms with E-state index in [2.05, 4.69) is 15.3 Å². The molecule has 3 N–H and O–H groups in total. The van der Waals surface area contributed by atoms with Gasteiger partial charge in [0.25, 0.3) is 11.8 Å². The molecule has 0 bridgehead atoms. The number of para-hydroxylation sites is 1. The Hall–Kier alpha value is -4.03. The van der Waals surface area contributed by atoms with Gasteiger partial charge in [-0.2, -0.15) is 4.39 Å². The number of fused-ring (bicyclic) bond motifs is 1. The van der Waals surface area contributed by atoms with Crippen molar-refractivity contribution in [2.24, 2.45) is 0 Å². The van der Waals surface area contributed by atoms with Gasteiger partial charge in [-0.1, -0.05) is 29.8 Å². The topological polar surface area (TPSA) is 130 Å². The molecule has 2 aromatic heterocycles. The number of carbonyl (C=O) groups excluding carboxylic acids is 2. The van der Waals surface area contributed by atoms with Gasteiger partial charge in [0.05, 0.1) is 12.4 Å². The van der Waals surface area contributed by atoms with Gasteiger partial charge in [-0.25, -0.2) is 22.5 Å². The van der Waals surface area contributed by atoms with Gasteiger partial charge in [-0.15, -0.1) is 0 Å². The molecule has 0 atom stereocenters. The van der Waals surface area contributed by atoms with Gasteiger partial charge in [0, 0.05) is 34.6 Å². The number of amides is 2. The summed E-state index contributed by atoms with van der Waals surface area (Å²) in [6.45, 7) is 3.71. The number of halogens is 3. The maximum absolute atomic E-state index is 13.3. The van der Waals surface area contributed by atoms with E-state index in [1.165, 1.54) is 0 Å². The smallest absolute Gasteiger partial charge is 0.281 e. The molecule has 0 aliphatic rings. The van der Waals surface area contributed by atoms with Crippen molar-refractivity contribution in [3.05, 3.63) is 93.4 Å². The normalized spacial score (nSPS) is 11.4. The first-order valence-electron chi connectivity index (χ1n) is 12.6. The molecule has 0 radical (unpaired) electrons. The van der Waals surface area contributed by atoms with Gasteiger partial charge in [-0.05, 0) is 61.6 Å². The first-order valence-corrected chi connectivity index (χ1v) is 14.6. The molecule has 4 rings (SSSR count). The van der Waals surface area contributed by atoms with Crippen LogP contribution < -0.4 is 14.8 Å². The molecule has 41 heavy (non-hydrogen) atoms. The number of carbonyl (C=O) groups is 2. The number of hydrogen-bond acceptors (Lipinski definition) is 6. The van der Waals surface area contributed by atoms with Crippen LogP contribution in [-0.2, 0) is 16.4 Å². The number of aryl methyl sites for hydroxylation is 3. The van der Waals surface area contributed by atoms with E-state index < -0.39 is 51.6 Å². The number of hydrogen-bond donors (Lipinski definition) is 3. The van der Waals surface area contributed by atoms with E-state index in [1.54, 1.807) is 12.1 Å². The van der Waals surface area contributed by atoms with E-state index in [4.69, 9.17) is 16.3 Å². The lowest BCUT2D eigenvalue weighted by Crippen LogP contribution is -2.38. The van der Waals surface area contributed by atoms with Crippen molar-refractivity contribution in [1.29, 1.82) is 0 Å². The summed E-state index contributed by atoms with van der Waals surface area (Å²) in [4.78, 5) is 31.4. The zero-order valence-electron chi connectivity index (χ0n) is 22.2. The molecule has 2 aromatic carbocycles. The number of sulfonamides is 1. The summed E-state index contributed by atoms with van der Waals surface area (Å²) in [6, 6.07) is 12.1. The third kappa shape index (κ3) is 7.59. The Balaban J connectivity index is 1.39. The first kappa shape index (κ1) is 29.9. The summed E-state index contributed by atoms with van der Waals surface area (Å²) < 4.78 is 59.6. The van der Waals surface area contributed by atoms with Gasteiger partial charge in [0.2, 0.25) is 16.0 Å². The number of pyridine rings is 1. The molecule has 0 spiro atoms. The summed E-state index contributed by atoms with van der Waals surface area (Å²) in [6.07, 6.45) is 0.960. The number of H-pyrrole nitrogens is 1. The minimum atomic E-state index is -4.19. The molecule has 2 heterocycles. The highest BCUT2D eigenvalue weighted by Crippen LogP contribution is 2.27. The Kier molecular flexibility index (Phi) is 9.24. The number of aromatic nitrogens is 2. The quantitative estimate of drug-likeness (QED) is 0.169. The molecule has 13 heteroatoms. The van der Waals surface area contributed by atoms with E-state index in [-0.39, 0.29) is 5.69 Å². The Morgan fingerprint density at radius 3 is 2.46 bits per heavy atom. The predicted octanol–water partition coefficient (Wildman–Crippen LogP) is 4.61. The number of ether oxygens (including phenoxy) is 1. The van der Waals surface area contributed by atoms with Crippen molar-refractivity contribution < 1.29 is 31.5 Å². The van der Waals surface area contributed by atoms with Crippen LogP contribution >= 0.6 is 11.6 Å². The summed E-state index contributed by atoms with van der Waals surface area (Å²) >= 11 is 6.22. The minimum absolute atomic E-state index is 0.0939. The fourth-order valence-electron chi connectivity index (χ4n) is 4.30. The van der Waals surface area contributed by atoms with Gasteiger partial charge in [0.1, 0.15) is 23.0 Å². The Morgan fingerprint density at radius 1 is 1.05 bits per heavy atom. The number of aromatic amines is 1. The van der Waals surface area contributed by atoms with Crippen molar-refractivity contribution in [3.8, 4) is 5.75 Å². The molecule has 0 saturated heterocycles. The molecule has 0 saturated carbocycles. The Morgan fingerprint density at radius 2 is 1.76 bits per heavy atom. The third-order valence-electron chi connectivity index (χ3n) is 6.19. The Labute approximate surface area is 240 Å². The highest BCUT2D eigenvalue weighted by atomic mass is 35.5. The zero-order valence-corrected chi connectivity index (χ0v) is 23.8. The lowest BCUT2D eigenvalue weighted by atomic mass is 10.1. The van der Waals surface area contributed by atoms with Crippen molar-refractivity contribution >= 4 is 44.3 Å². The van der Waals surface area contributed by atoms with Crippen LogP contribution in [0.1, 0.15) is 44.1 Å². The van der Waals surface area contributed by atoms with Gasteiger partial charge < -0.3 is 15.0 Å². The first-order chi connectivity index (χ1) is 19.4. The number of benzene rings is 2. The highest BCUT2D eigenvalue weighted by Gasteiger charge is 2.22. The van der Waals surface area contributed by atoms with Gasteiger partial charge >= 0.3 is 0 Å². The molecule has 9 nitrogen and oxygen atoms in total. The van der Waals surface area contributed by atoms with Crippen LogP contribution in [-0.4, -0.2) is 49.1 Å².